The van der Waals surface area contributed by atoms with Crippen molar-refractivity contribution in [2.24, 2.45) is 0 Å². The molecular weight excluding hydrogens is 731 g/mol. The first-order valence-electron chi connectivity index (χ1n) is 17.5. The normalized spacial score (nSPS) is 22.6. The number of carbonyl (C=O) groups is 1. The van der Waals surface area contributed by atoms with Gasteiger partial charge in [0.15, 0.2) is 0 Å². The van der Waals surface area contributed by atoms with E-state index < -0.39 is 7.59 Å². The fourth-order valence-corrected chi connectivity index (χ4v) is 8.86. The lowest BCUT2D eigenvalue weighted by molar-refractivity contribution is -0.131. The maximum atomic E-state index is 14.0. The molecule has 1 saturated carbocycles. The fraction of sp³-hybridized carbons (Fsp3) is 0.649. The Morgan fingerprint density at radius 2 is 1.56 bits per heavy atom. The predicted molar refractivity (Wildman–Crippen MR) is 202 cm³/mol. The highest BCUT2D eigenvalue weighted by atomic mass is 35.6. The molecule has 2 heterocycles. The largest absolute Gasteiger partial charge is 0.491 e. The van der Waals surface area contributed by atoms with Crippen molar-refractivity contribution in [1.82, 2.24) is 14.7 Å². The molecule has 2 saturated heterocycles. The van der Waals surface area contributed by atoms with E-state index in [9.17, 15) is 4.79 Å². The van der Waals surface area contributed by atoms with Crippen molar-refractivity contribution in [1.29, 1.82) is 0 Å². The van der Waals surface area contributed by atoms with E-state index in [0.29, 0.717) is 30.6 Å². The number of hydrogen-bond donors (Lipinski definition) is 0. The first kappa shape index (κ1) is 38.6. The predicted octanol–water partition coefficient (Wildman–Crippen LogP) is 9.96. The molecule has 5 nitrogen and oxygen atoms in total. The zero-order chi connectivity index (χ0) is 34.5. The number of ether oxygens (including phenoxy) is 1. The molecule has 11 heteroatoms. The summed E-state index contributed by atoms with van der Waals surface area (Å²) in [6.07, 6.45) is 10.8. The van der Waals surface area contributed by atoms with E-state index in [1.165, 1.54) is 32.1 Å². The Labute approximate surface area is 317 Å². The minimum Gasteiger partial charge on any atom is -0.491 e. The fourth-order valence-electron chi connectivity index (χ4n) is 7.90. The van der Waals surface area contributed by atoms with Gasteiger partial charge in [0.1, 0.15) is 5.75 Å². The molecule has 3 aliphatic rings. The Balaban J connectivity index is 1.40. The molecule has 1 amide bonds. The van der Waals surface area contributed by atoms with Crippen LogP contribution in [0, 0.1) is 0 Å². The Kier molecular flexibility index (Phi) is 13.5. The molecule has 0 spiro atoms. The van der Waals surface area contributed by atoms with Crippen LogP contribution in [0.5, 0.6) is 5.75 Å². The van der Waals surface area contributed by atoms with E-state index in [-0.39, 0.29) is 17.4 Å². The van der Waals surface area contributed by atoms with Gasteiger partial charge in [-0.3, -0.25) is 9.69 Å². The molecular formula is C37H49Cl6N3O2. The van der Waals surface area contributed by atoms with Crippen LogP contribution >= 0.6 is 69.6 Å². The number of halogens is 6. The van der Waals surface area contributed by atoms with E-state index in [1.807, 2.05) is 55.1 Å². The van der Waals surface area contributed by atoms with Crippen LogP contribution in [-0.4, -0.2) is 78.6 Å². The van der Waals surface area contributed by atoms with Gasteiger partial charge in [0.05, 0.1) is 12.5 Å². The summed E-state index contributed by atoms with van der Waals surface area (Å²) < 4.78 is 2.34. The topological polar surface area (TPSA) is 36.0 Å². The van der Waals surface area contributed by atoms with Gasteiger partial charge in [0, 0.05) is 61.9 Å². The highest BCUT2D eigenvalue weighted by Crippen LogP contribution is 2.50. The Bertz CT molecular complexity index is 1370. The highest BCUT2D eigenvalue weighted by molar-refractivity contribution is 6.69. The van der Waals surface area contributed by atoms with E-state index in [4.69, 9.17) is 74.3 Å². The number of rotatable bonds is 9. The van der Waals surface area contributed by atoms with Crippen molar-refractivity contribution >= 4 is 75.5 Å². The Hall–Kier alpha value is -0.630. The van der Waals surface area contributed by atoms with Crippen molar-refractivity contribution in [2.45, 2.75) is 103 Å². The molecule has 266 valence electrons. The first-order valence-corrected chi connectivity index (χ1v) is 19.8. The quantitative estimate of drug-likeness (QED) is 0.238. The lowest BCUT2D eigenvalue weighted by Crippen LogP contribution is -2.52. The van der Waals surface area contributed by atoms with Crippen LogP contribution in [0.15, 0.2) is 42.5 Å². The standard InChI is InChI=1S/C37H49Cl6N3O2/c1-27(2)48-31-12-8-9-28(23-31)24-34(47)46-17-7-6-15-35(26-46,29-13-14-32(36(38,39)40)33(25-29)37(41,42)43)16-18-44-19-21-45(22-20-44)30-10-4-3-5-11-30/h8-9,12-14,23,25,27,30H,3-7,10-11,15-22,24,26H2,1-2H3/t35-/m1/s1. The summed E-state index contributed by atoms with van der Waals surface area (Å²) >= 11 is 38.6. The third kappa shape index (κ3) is 10.2. The van der Waals surface area contributed by atoms with Crippen LogP contribution in [0.3, 0.4) is 0 Å². The van der Waals surface area contributed by atoms with Gasteiger partial charge in [0.25, 0.3) is 0 Å². The van der Waals surface area contributed by atoms with Gasteiger partial charge >= 0.3 is 0 Å². The van der Waals surface area contributed by atoms with Crippen LogP contribution in [0.2, 0.25) is 0 Å². The molecule has 5 rings (SSSR count). The number of amides is 1. The molecule has 2 aromatic rings. The van der Waals surface area contributed by atoms with Gasteiger partial charge in [0.2, 0.25) is 13.5 Å². The van der Waals surface area contributed by atoms with Crippen molar-refractivity contribution in [3.05, 3.63) is 64.7 Å². The third-order valence-electron chi connectivity index (χ3n) is 10.5. The van der Waals surface area contributed by atoms with E-state index in [2.05, 4.69) is 9.80 Å². The molecule has 0 N–H and O–H groups in total. The summed E-state index contributed by atoms with van der Waals surface area (Å²) in [7, 11) is 0. The third-order valence-corrected chi connectivity index (χ3v) is 11.7. The summed E-state index contributed by atoms with van der Waals surface area (Å²) in [4.78, 5) is 21.4. The second kappa shape index (κ2) is 16.8. The zero-order valence-corrected chi connectivity index (χ0v) is 32.7. The monoisotopic (exact) mass is 777 g/mol. The molecule has 0 radical (unpaired) electrons. The van der Waals surface area contributed by atoms with E-state index in [0.717, 1.165) is 81.3 Å². The van der Waals surface area contributed by atoms with Crippen LogP contribution in [0.1, 0.15) is 93.9 Å². The van der Waals surface area contributed by atoms with Crippen LogP contribution < -0.4 is 4.74 Å². The van der Waals surface area contributed by atoms with Gasteiger partial charge in [-0.15, -0.1) is 0 Å². The summed E-state index contributed by atoms with van der Waals surface area (Å²) in [5.74, 6) is 0.876. The number of hydrogen-bond acceptors (Lipinski definition) is 4. The van der Waals surface area contributed by atoms with Crippen LogP contribution in [0.25, 0.3) is 0 Å². The molecule has 2 aliphatic heterocycles. The molecule has 3 fully saturated rings. The number of nitrogens with zero attached hydrogens (tertiary/aromatic N) is 3. The number of likely N-dealkylation sites (tertiary alicyclic amines) is 1. The van der Waals surface area contributed by atoms with Crippen molar-refractivity contribution in [3.8, 4) is 5.75 Å². The second-order valence-corrected chi connectivity index (χ2v) is 18.8. The smallest absolute Gasteiger partial charge is 0.227 e. The van der Waals surface area contributed by atoms with Crippen molar-refractivity contribution in [3.63, 3.8) is 0 Å². The lowest BCUT2D eigenvalue weighted by Gasteiger charge is -2.43. The Morgan fingerprint density at radius 1 is 0.854 bits per heavy atom. The second-order valence-electron chi connectivity index (χ2n) is 14.2. The lowest BCUT2D eigenvalue weighted by atomic mass is 9.73. The molecule has 0 unspecified atom stereocenters. The highest BCUT2D eigenvalue weighted by Gasteiger charge is 2.41. The average Bonchev–Trinajstić information content (AvgIpc) is 3.27. The van der Waals surface area contributed by atoms with Gasteiger partial charge in [-0.1, -0.05) is 126 Å². The van der Waals surface area contributed by atoms with Crippen LogP contribution in [0.4, 0.5) is 0 Å². The maximum absolute atomic E-state index is 14.0. The van der Waals surface area contributed by atoms with Gasteiger partial charge in [-0.2, -0.15) is 0 Å². The van der Waals surface area contributed by atoms with Crippen LogP contribution in [-0.2, 0) is 24.2 Å². The zero-order valence-electron chi connectivity index (χ0n) is 28.1. The molecule has 0 aromatic heterocycles. The molecule has 1 atom stereocenters. The number of alkyl halides is 6. The maximum Gasteiger partial charge on any atom is 0.227 e. The molecule has 2 aromatic carbocycles. The van der Waals surface area contributed by atoms with E-state index in [1.54, 1.807) is 6.07 Å². The summed E-state index contributed by atoms with van der Waals surface area (Å²) in [5.41, 5.74) is 2.28. The molecule has 0 bridgehead atoms. The SMILES string of the molecule is CC(C)Oc1cccc(CC(=O)N2CCCC[C@](CCN3CCN(C4CCCCC4)CC3)(c3ccc(C(Cl)(Cl)Cl)c(C(Cl)(Cl)Cl)c3)C2)c1. The summed E-state index contributed by atoms with van der Waals surface area (Å²) in [6.45, 7) is 10.5. The molecule has 1 aliphatic carbocycles. The minimum atomic E-state index is -1.80. The Morgan fingerprint density at radius 3 is 2.23 bits per heavy atom. The van der Waals surface area contributed by atoms with Crippen molar-refractivity contribution in [2.75, 3.05) is 45.8 Å². The van der Waals surface area contributed by atoms with Gasteiger partial charge < -0.3 is 14.5 Å². The number of carbonyl (C=O) groups excluding carboxylic acids is 1. The van der Waals surface area contributed by atoms with Crippen molar-refractivity contribution < 1.29 is 9.53 Å². The summed E-state index contributed by atoms with van der Waals surface area (Å²) in [6, 6.07) is 14.3. The molecule has 48 heavy (non-hydrogen) atoms. The average molecular weight is 781 g/mol. The number of piperazine rings is 1. The number of benzene rings is 2. The van der Waals surface area contributed by atoms with E-state index >= 15 is 0 Å². The van der Waals surface area contributed by atoms with Gasteiger partial charge in [-0.25, -0.2) is 0 Å². The first-order chi connectivity index (χ1) is 22.7. The minimum absolute atomic E-state index is 0.0583. The van der Waals surface area contributed by atoms with Gasteiger partial charge in [-0.05, 0) is 75.8 Å². The summed E-state index contributed by atoms with van der Waals surface area (Å²) in [5, 5.41) is 0.